The summed E-state index contributed by atoms with van der Waals surface area (Å²) in [4.78, 5) is 13.1. The molecular weight excluding hydrogens is 206 g/mol. The molecule has 0 bridgehead atoms. The van der Waals surface area contributed by atoms with Crippen molar-refractivity contribution in [1.82, 2.24) is 4.90 Å². The van der Waals surface area contributed by atoms with Crippen LogP contribution in [0.4, 0.5) is 10.5 Å². The van der Waals surface area contributed by atoms with Crippen LogP contribution in [0.1, 0.15) is 5.56 Å². The average molecular weight is 217 g/mol. The Balaban J connectivity index is 1.98. The van der Waals surface area contributed by atoms with Crippen molar-refractivity contribution in [3.05, 3.63) is 29.8 Å². The Hall–Kier alpha value is -2.06. The Morgan fingerprint density at radius 2 is 2.31 bits per heavy atom. The summed E-state index contributed by atoms with van der Waals surface area (Å²) in [6.07, 6.45) is -0.406. The van der Waals surface area contributed by atoms with Gasteiger partial charge in [0.05, 0.1) is 30.8 Å². The molecule has 1 aliphatic rings. The highest BCUT2D eigenvalue weighted by atomic mass is 16.3. The predicted molar refractivity (Wildman–Crippen MR) is 57.8 cm³/mol. The van der Waals surface area contributed by atoms with Crippen LogP contribution in [0.15, 0.2) is 24.3 Å². The van der Waals surface area contributed by atoms with Gasteiger partial charge in [-0.15, -0.1) is 0 Å². The van der Waals surface area contributed by atoms with Gasteiger partial charge in [0.1, 0.15) is 0 Å². The maximum atomic E-state index is 11.6. The molecule has 1 fully saturated rings. The Labute approximate surface area is 92.9 Å². The number of nitrogens with one attached hydrogen (secondary N) is 1. The number of hydrogen-bond acceptors (Lipinski definition) is 3. The summed E-state index contributed by atoms with van der Waals surface area (Å²) >= 11 is 0. The zero-order valence-electron chi connectivity index (χ0n) is 8.55. The molecular formula is C11H11N3O2. The summed E-state index contributed by atoms with van der Waals surface area (Å²) in [5, 5.41) is 20.4. The third-order valence-electron chi connectivity index (χ3n) is 2.39. The second-order valence-corrected chi connectivity index (χ2v) is 3.68. The molecule has 0 atom stereocenters. The van der Waals surface area contributed by atoms with Crippen LogP contribution in [-0.4, -0.2) is 35.2 Å². The Morgan fingerprint density at radius 3 is 2.94 bits per heavy atom. The second-order valence-electron chi connectivity index (χ2n) is 3.68. The Bertz CT molecular complexity index is 447. The molecule has 2 amide bonds. The molecule has 1 saturated heterocycles. The van der Waals surface area contributed by atoms with Gasteiger partial charge in [-0.1, -0.05) is 6.07 Å². The van der Waals surface area contributed by atoms with Gasteiger partial charge in [-0.3, -0.25) is 0 Å². The van der Waals surface area contributed by atoms with Crippen LogP contribution in [0.5, 0.6) is 0 Å². The number of nitriles is 1. The van der Waals surface area contributed by atoms with Gasteiger partial charge in [0.25, 0.3) is 0 Å². The predicted octanol–water partition coefficient (Wildman–Crippen LogP) is 0.767. The van der Waals surface area contributed by atoms with Gasteiger partial charge in [-0.25, -0.2) is 4.79 Å². The fourth-order valence-electron chi connectivity index (χ4n) is 1.49. The first kappa shape index (κ1) is 10.5. The second kappa shape index (κ2) is 4.21. The van der Waals surface area contributed by atoms with Crippen molar-refractivity contribution in [1.29, 1.82) is 5.26 Å². The third-order valence-corrected chi connectivity index (χ3v) is 2.39. The minimum absolute atomic E-state index is 0.250. The van der Waals surface area contributed by atoms with E-state index in [4.69, 9.17) is 10.4 Å². The number of amides is 2. The van der Waals surface area contributed by atoms with Crippen LogP contribution in [0.3, 0.4) is 0 Å². The van der Waals surface area contributed by atoms with Crippen LogP contribution in [0.25, 0.3) is 0 Å². The zero-order valence-corrected chi connectivity index (χ0v) is 8.55. The molecule has 2 rings (SSSR count). The SMILES string of the molecule is N#Cc1cccc(NC(=O)N2CC(O)C2)c1. The first-order valence-corrected chi connectivity index (χ1v) is 4.93. The number of aliphatic hydroxyl groups excluding tert-OH is 1. The van der Waals surface area contributed by atoms with Crippen molar-refractivity contribution < 1.29 is 9.90 Å². The number of rotatable bonds is 1. The number of benzene rings is 1. The van der Waals surface area contributed by atoms with Crippen molar-refractivity contribution >= 4 is 11.7 Å². The molecule has 5 heteroatoms. The molecule has 1 aromatic carbocycles. The van der Waals surface area contributed by atoms with E-state index >= 15 is 0 Å². The summed E-state index contributed by atoms with van der Waals surface area (Å²) in [6.45, 7) is 0.730. The van der Waals surface area contributed by atoms with Crippen LogP contribution in [0.2, 0.25) is 0 Å². The number of likely N-dealkylation sites (tertiary alicyclic amines) is 1. The minimum Gasteiger partial charge on any atom is -0.389 e. The molecule has 5 nitrogen and oxygen atoms in total. The van der Waals surface area contributed by atoms with Crippen molar-refractivity contribution in [3.8, 4) is 6.07 Å². The van der Waals surface area contributed by atoms with E-state index in [1.165, 1.54) is 4.90 Å². The van der Waals surface area contributed by atoms with E-state index in [0.29, 0.717) is 24.3 Å². The number of aliphatic hydroxyl groups is 1. The molecule has 0 radical (unpaired) electrons. The third kappa shape index (κ3) is 2.12. The number of β-amino-alcohol motifs (C(OH)–C–C–N with tert-alkyl or cyclic N) is 1. The Kier molecular flexibility index (Phi) is 2.75. The molecule has 16 heavy (non-hydrogen) atoms. The van der Waals surface area contributed by atoms with Gasteiger partial charge >= 0.3 is 6.03 Å². The molecule has 0 unspecified atom stereocenters. The smallest absolute Gasteiger partial charge is 0.322 e. The molecule has 0 aromatic heterocycles. The molecule has 1 heterocycles. The Morgan fingerprint density at radius 1 is 1.56 bits per heavy atom. The van der Waals surface area contributed by atoms with Crippen LogP contribution in [0, 0.1) is 11.3 Å². The lowest BCUT2D eigenvalue weighted by Gasteiger charge is -2.35. The van der Waals surface area contributed by atoms with Crippen molar-refractivity contribution in [2.24, 2.45) is 0 Å². The summed E-state index contributed by atoms with van der Waals surface area (Å²) < 4.78 is 0. The van der Waals surface area contributed by atoms with E-state index in [2.05, 4.69) is 5.32 Å². The molecule has 1 aromatic rings. The first-order chi connectivity index (χ1) is 7.69. The molecule has 82 valence electrons. The number of nitrogens with zero attached hydrogens (tertiary/aromatic N) is 2. The molecule has 0 aliphatic carbocycles. The van der Waals surface area contributed by atoms with Crippen LogP contribution in [-0.2, 0) is 0 Å². The molecule has 2 N–H and O–H groups in total. The maximum Gasteiger partial charge on any atom is 0.322 e. The largest absolute Gasteiger partial charge is 0.389 e. The molecule has 0 saturated carbocycles. The number of urea groups is 1. The highest BCUT2D eigenvalue weighted by Crippen LogP contribution is 2.13. The van der Waals surface area contributed by atoms with E-state index in [1.54, 1.807) is 24.3 Å². The van der Waals surface area contributed by atoms with E-state index in [9.17, 15) is 4.79 Å². The van der Waals surface area contributed by atoms with Gasteiger partial charge in [0, 0.05) is 5.69 Å². The normalized spacial score (nSPS) is 15.1. The fraction of sp³-hybridized carbons (Fsp3) is 0.273. The topological polar surface area (TPSA) is 76.4 Å². The number of carbonyl (C=O) groups excluding carboxylic acids is 1. The zero-order chi connectivity index (χ0) is 11.5. The lowest BCUT2D eigenvalue weighted by molar-refractivity contribution is 0.0309. The van der Waals surface area contributed by atoms with Crippen molar-refractivity contribution in [3.63, 3.8) is 0 Å². The van der Waals surface area contributed by atoms with E-state index in [-0.39, 0.29) is 6.03 Å². The van der Waals surface area contributed by atoms with E-state index in [0.717, 1.165) is 0 Å². The summed E-state index contributed by atoms with van der Waals surface area (Å²) in [6, 6.07) is 8.45. The quantitative estimate of drug-likeness (QED) is 0.729. The lowest BCUT2D eigenvalue weighted by Crippen LogP contribution is -2.54. The lowest BCUT2D eigenvalue weighted by atomic mass is 10.2. The maximum absolute atomic E-state index is 11.6. The van der Waals surface area contributed by atoms with Crippen molar-refractivity contribution in [2.75, 3.05) is 18.4 Å². The summed E-state index contributed by atoms with van der Waals surface area (Å²) in [5.74, 6) is 0. The summed E-state index contributed by atoms with van der Waals surface area (Å²) in [5.41, 5.74) is 1.09. The van der Waals surface area contributed by atoms with Gasteiger partial charge < -0.3 is 15.3 Å². The van der Waals surface area contributed by atoms with E-state index in [1.807, 2.05) is 6.07 Å². The molecule has 0 spiro atoms. The fourth-order valence-corrected chi connectivity index (χ4v) is 1.49. The summed E-state index contributed by atoms with van der Waals surface area (Å²) in [7, 11) is 0. The highest BCUT2D eigenvalue weighted by Gasteiger charge is 2.28. The first-order valence-electron chi connectivity index (χ1n) is 4.93. The van der Waals surface area contributed by atoms with Gasteiger partial charge in [-0.2, -0.15) is 5.26 Å². The molecule has 1 aliphatic heterocycles. The number of anilines is 1. The van der Waals surface area contributed by atoms with Gasteiger partial charge in [0.2, 0.25) is 0 Å². The number of hydrogen-bond donors (Lipinski definition) is 2. The van der Waals surface area contributed by atoms with Gasteiger partial charge in [-0.05, 0) is 18.2 Å². The standard InChI is InChI=1S/C11H11N3O2/c12-5-8-2-1-3-9(4-8)13-11(16)14-6-10(15)7-14/h1-4,10,15H,6-7H2,(H,13,16). The number of carbonyl (C=O) groups is 1. The highest BCUT2D eigenvalue weighted by molar-refractivity contribution is 5.90. The van der Waals surface area contributed by atoms with Crippen LogP contribution < -0.4 is 5.32 Å². The van der Waals surface area contributed by atoms with Gasteiger partial charge in [0.15, 0.2) is 0 Å². The average Bonchev–Trinajstić information content (AvgIpc) is 2.25. The van der Waals surface area contributed by atoms with E-state index < -0.39 is 6.10 Å². The monoisotopic (exact) mass is 217 g/mol. The van der Waals surface area contributed by atoms with Crippen LogP contribution >= 0.6 is 0 Å². The van der Waals surface area contributed by atoms with Crippen molar-refractivity contribution in [2.45, 2.75) is 6.10 Å². The minimum atomic E-state index is -0.406.